The van der Waals surface area contributed by atoms with Gasteiger partial charge in [0.2, 0.25) is 0 Å². The number of fused-ring (bicyclic) bond motifs is 1. The van der Waals surface area contributed by atoms with Crippen LogP contribution in [0.5, 0.6) is 5.75 Å². The summed E-state index contributed by atoms with van der Waals surface area (Å²) in [5.41, 5.74) is 7.68. The van der Waals surface area contributed by atoms with Crippen molar-refractivity contribution in [3.8, 4) is 5.75 Å². The molecule has 0 aliphatic carbocycles. The molecule has 0 radical (unpaired) electrons. The third kappa shape index (κ3) is 2.73. The first-order chi connectivity index (χ1) is 10.3. The SMILES string of the molecule is NCc1ccc(C(=O)N2CCCOc3ccccc32)nc1. The molecule has 0 unspecified atom stereocenters. The first-order valence-corrected chi connectivity index (χ1v) is 6.98. The van der Waals surface area contributed by atoms with Crippen molar-refractivity contribution in [1.82, 2.24) is 4.98 Å². The summed E-state index contributed by atoms with van der Waals surface area (Å²) in [7, 11) is 0. The molecule has 2 aromatic rings. The Labute approximate surface area is 123 Å². The van der Waals surface area contributed by atoms with Gasteiger partial charge in [0.25, 0.3) is 5.91 Å². The zero-order chi connectivity index (χ0) is 14.7. The molecule has 21 heavy (non-hydrogen) atoms. The zero-order valence-electron chi connectivity index (χ0n) is 11.7. The van der Waals surface area contributed by atoms with Crippen molar-refractivity contribution in [2.75, 3.05) is 18.1 Å². The van der Waals surface area contributed by atoms with Crippen molar-refractivity contribution in [3.63, 3.8) is 0 Å². The van der Waals surface area contributed by atoms with E-state index in [0.717, 1.165) is 23.4 Å². The van der Waals surface area contributed by atoms with E-state index in [2.05, 4.69) is 4.98 Å². The van der Waals surface area contributed by atoms with Crippen molar-refractivity contribution in [1.29, 1.82) is 0 Å². The summed E-state index contributed by atoms with van der Waals surface area (Å²) in [6.45, 7) is 1.65. The second-order valence-corrected chi connectivity index (χ2v) is 4.88. The van der Waals surface area contributed by atoms with Crippen LogP contribution in [-0.4, -0.2) is 24.0 Å². The largest absolute Gasteiger partial charge is 0.491 e. The smallest absolute Gasteiger partial charge is 0.276 e. The van der Waals surface area contributed by atoms with Gasteiger partial charge in [-0.3, -0.25) is 9.78 Å². The lowest BCUT2D eigenvalue weighted by molar-refractivity contribution is 0.0982. The van der Waals surface area contributed by atoms with Gasteiger partial charge in [-0.1, -0.05) is 18.2 Å². The minimum absolute atomic E-state index is 0.114. The number of hydrogen-bond donors (Lipinski definition) is 1. The van der Waals surface area contributed by atoms with Crippen LogP contribution < -0.4 is 15.4 Å². The Hall–Kier alpha value is -2.40. The third-order valence-corrected chi connectivity index (χ3v) is 3.46. The summed E-state index contributed by atoms with van der Waals surface area (Å²) < 4.78 is 5.67. The van der Waals surface area contributed by atoms with Crippen LogP contribution in [-0.2, 0) is 6.54 Å². The molecule has 0 saturated carbocycles. The van der Waals surface area contributed by atoms with E-state index in [9.17, 15) is 4.79 Å². The molecule has 108 valence electrons. The molecule has 1 aliphatic rings. The zero-order valence-corrected chi connectivity index (χ0v) is 11.7. The molecule has 2 heterocycles. The maximum absolute atomic E-state index is 12.7. The Balaban J connectivity index is 1.93. The van der Waals surface area contributed by atoms with Gasteiger partial charge in [-0.15, -0.1) is 0 Å². The summed E-state index contributed by atoms with van der Waals surface area (Å²) >= 11 is 0. The Bertz CT molecular complexity index is 640. The maximum Gasteiger partial charge on any atom is 0.276 e. The number of carbonyl (C=O) groups is 1. The highest BCUT2D eigenvalue weighted by atomic mass is 16.5. The molecule has 0 fully saturated rings. The fourth-order valence-electron chi connectivity index (χ4n) is 2.35. The molecule has 5 nitrogen and oxygen atoms in total. The van der Waals surface area contributed by atoms with E-state index >= 15 is 0 Å². The van der Waals surface area contributed by atoms with Gasteiger partial charge in [-0.25, -0.2) is 0 Å². The lowest BCUT2D eigenvalue weighted by Gasteiger charge is -2.21. The average molecular weight is 283 g/mol. The van der Waals surface area contributed by atoms with Crippen LogP contribution in [0.15, 0.2) is 42.6 Å². The number of rotatable bonds is 2. The first-order valence-electron chi connectivity index (χ1n) is 6.98. The second kappa shape index (κ2) is 5.93. The van der Waals surface area contributed by atoms with Gasteiger partial charge in [0, 0.05) is 19.3 Å². The number of aromatic nitrogens is 1. The second-order valence-electron chi connectivity index (χ2n) is 4.88. The summed E-state index contributed by atoms with van der Waals surface area (Å²) in [4.78, 5) is 18.6. The number of anilines is 1. The predicted octanol–water partition coefficient (Wildman–Crippen LogP) is 1.97. The summed E-state index contributed by atoms with van der Waals surface area (Å²) in [5, 5.41) is 0. The average Bonchev–Trinajstić information content (AvgIpc) is 2.77. The van der Waals surface area contributed by atoms with Gasteiger partial charge in [0.15, 0.2) is 0 Å². The van der Waals surface area contributed by atoms with E-state index in [0.29, 0.717) is 25.4 Å². The van der Waals surface area contributed by atoms with E-state index in [1.807, 2.05) is 30.3 Å². The van der Waals surface area contributed by atoms with Crippen LogP contribution in [0.2, 0.25) is 0 Å². The molecule has 1 aromatic carbocycles. The van der Waals surface area contributed by atoms with E-state index in [1.165, 1.54) is 0 Å². The number of nitrogens with zero attached hydrogens (tertiary/aromatic N) is 2. The number of para-hydroxylation sites is 2. The van der Waals surface area contributed by atoms with Gasteiger partial charge in [0.05, 0.1) is 12.3 Å². The molecule has 1 aliphatic heterocycles. The Kier molecular flexibility index (Phi) is 3.83. The maximum atomic E-state index is 12.7. The van der Waals surface area contributed by atoms with Gasteiger partial charge >= 0.3 is 0 Å². The Morgan fingerprint density at radius 3 is 2.90 bits per heavy atom. The van der Waals surface area contributed by atoms with Crippen molar-refractivity contribution in [2.24, 2.45) is 5.73 Å². The number of hydrogen-bond acceptors (Lipinski definition) is 4. The lowest BCUT2D eigenvalue weighted by Crippen LogP contribution is -2.32. The molecule has 0 saturated heterocycles. The van der Waals surface area contributed by atoms with Gasteiger partial charge in [-0.2, -0.15) is 0 Å². The van der Waals surface area contributed by atoms with Crippen molar-refractivity contribution < 1.29 is 9.53 Å². The highest BCUT2D eigenvalue weighted by molar-refractivity contribution is 6.05. The van der Waals surface area contributed by atoms with Crippen LogP contribution in [0.4, 0.5) is 5.69 Å². The van der Waals surface area contributed by atoms with Crippen LogP contribution in [0.3, 0.4) is 0 Å². The van der Waals surface area contributed by atoms with Crippen molar-refractivity contribution in [3.05, 3.63) is 53.9 Å². The van der Waals surface area contributed by atoms with Crippen LogP contribution >= 0.6 is 0 Å². The van der Waals surface area contributed by atoms with Crippen molar-refractivity contribution in [2.45, 2.75) is 13.0 Å². The number of amides is 1. The normalized spacial score (nSPS) is 14.0. The topological polar surface area (TPSA) is 68.5 Å². The molecular formula is C16H17N3O2. The first kappa shape index (κ1) is 13.6. The molecule has 2 N–H and O–H groups in total. The monoisotopic (exact) mass is 283 g/mol. The van der Waals surface area contributed by atoms with Gasteiger partial charge < -0.3 is 15.4 Å². The summed E-state index contributed by atoms with van der Waals surface area (Å²) in [5.74, 6) is 0.624. The molecule has 1 amide bonds. The number of benzene rings is 1. The molecule has 3 rings (SSSR count). The Morgan fingerprint density at radius 1 is 1.29 bits per heavy atom. The highest BCUT2D eigenvalue weighted by Crippen LogP contribution is 2.31. The number of nitrogens with two attached hydrogens (primary N) is 1. The molecule has 0 atom stereocenters. The molecular weight excluding hydrogens is 266 g/mol. The van der Waals surface area contributed by atoms with Crippen LogP contribution in [0.1, 0.15) is 22.5 Å². The van der Waals surface area contributed by atoms with Crippen LogP contribution in [0.25, 0.3) is 0 Å². The molecule has 1 aromatic heterocycles. The van der Waals surface area contributed by atoms with E-state index in [1.54, 1.807) is 17.2 Å². The number of ether oxygens (including phenoxy) is 1. The van der Waals surface area contributed by atoms with Crippen LogP contribution in [0, 0.1) is 0 Å². The molecule has 5 heteroatoms. The Morgan fingerprint density at radius 2 is 2.14 bits per heavy atom. The summed E-state index contributed by atoms with van der Waals surface area (Å²) in [6, 6.07) is 11.1. The molecule has 0 spiro atoms. The fourth-order valence-corrected chi connectivity index (χ4v) is 2.35. The number of carbonyl (C=O) groups excluding carboxylic acids is 1. The predicted molar refractivity (Wildman–Crippen MR) is 80.4 cm³/mol. The van der Waals surface area contributed by atoms with Gasteiger partial charge in [-0.05, 0) is 30.2 Å². The van der Waals surface area contributed by atoms with E-state index in [4.69, 9.17) is 10.5 Å². The van der Waals surface area contributed by atoms with E-state index in [-0.39, 0.29) is 5.91 Å². The minimum atomic E-state index is -0.114. The fraction of sp³-hybridized carbons (Fsp3) is 0.250. The summed E-state index contributed by atoms with van der Waals surface area (Å²) in [6.07, 6.45) is 2.44. The lowest BCUT2D eigenvalue weighted by atomic mass is 10.2. The number of pyridine rings is 1. The quantitative estimate of drug-likeness (QED) is 0.915. The van der Waals surface area contributed by atoms with Crippen molar-refractivity contribution >= 4 is 11.6 Å². The minimum Gasteiger partial charge on any atom is -0.491 e. The molecule has 0 bridgehead atoms. The van der Waals surface area contributed by atoms with E-state index < -0.39 is 0 Å². The highest BCUT2D eigenvalue weighted by Gasteiger charge is 2.23. The standard InChI is InChI=1S/C16H17N3O2/c17-10-12-6-7-13(18-11-12)16(20)19-8-3-9-21-15-5-2-1-4-14(15)19/h1-2,4-7,11H,3,8-10,17H2. The third-order valence-electron chi connectivity index (χ3n) is 3.46. The van der Waals surface area contributed by atoms with Gasteiger partial charge in [0.1, 0.15) is 11.4 Å².